The molecule has 1 aromatic carbocycles. The summed E-state index contributed by atoms with van der Waals surface area (Å²) in [4.78, 5) is 20.0. The van der Waals surface area contributed by atoms with E-state index in [2.05, 4.69) is 34.5 Å². The average Bonchev–Trinajstić information content (AvgIpc) is 3.08. The summed E-state index contributed by atoms with van der Waals surface area (Å²) in [7, 11) is 0. The van der Waals surface area contributed by atoms with E-state index in [4.69, 9.17) is 10.1 Å². The molecule has 2 aliphatic rings. The number of hydrogen-bond acceptors (Lipinski definition) is 4. The Bertz CT molecular complexity index is 1060. The fraction of sp³-hybridized carbons (Fsp3) is 0.500. The van der Waals surface area contributed by atoms with Crippen LogP contribution in [0.4, 0.5) is 5.82 Å². The second-order valence-electron chi connectivity index (χ2n) is 9.38. The number of carbonyl (C=O) groups is 1. The molecular weight excluding hydrogens is 398 g/mol. The van der Waals surface area contributed by atoms with E-state index in [1.54, 1.807) is 0 Å². The van der Waals surface area contributed by atoms with Gasteiger partial charge in [-0.05, 0) is 32.6 Å². The molecule has 2 fully saturated rings. The number of piperidine rings is 1. The van der Waals surface area contributed by atoms with E-state index in [1.165, 1.54) is 25.7 Å². The molecule has 6 nitrogen and oxygen atoms in total. The molecule has 168 valence electrons. The van der Waals surface area contributed by atoms with Crippen LogP contribution in [0.3, 0.4) is 0 Å². The summed E-state index contributed by atoms with van der Waals surface area (Å²) in [5, 5.41) is 8.23. The highest BCUT2D eigenvalue weighted by Crippen LogP contribution is 2.27. The highest BCUT2D eigenvalue weighted by atomic mass is 16.1. The van der Waals surface area contributed by atoms with Crippen molar-refractivity contribution >= 4 is 17.4 Å². The molecule has 1 aliphatic heterocycles. The predicted octanol–water partition coefficient (Wildman–Crippen LogP) is 4.76. The van der Waals surface area contributed by atoms with E-state index >= 15 is 0 Å². The lowest BCUT2D eigenvalue weighted by Crippen LogP contribution is -2.44. The number of amides is 1. The van der Waals surface area contributed by atoms with Crippen LogP contribution in [0.15, 0.2) is 42.5 Å². The number of nitrogens with one attached hydrogen (secondary N) is 1. The fourth-order valence-corrected chi connectivity index (χ4v) is 5.17. The van der Waals surface area contributed by atoms with Crippen molar-refractivity contribution in [1.82, 2.24) is 19.9 Å². The number of carbonyl (C=O) groups excluding carboxylic acids is 1. The van der Waals surface area contributed by atoms with E-state index in [0.29, 0.717) is 6.04 Å². The Balaban J connectivity index is 1.29. The molecule has 1 saturated heterocycles. The van der Waals surface area contributed by atoms with E-state index < -0.39 is 0 Å². The van der Waals surface area contributed by atoms with Crippen LogP contribution in [0.5, 0.6) is 0 Å². The van der Waals surface area contributed by atoms with Gasteiger partial charge in [-0.2, -0.15) is 9.61 Å². The quantitative estimate of drug-likeness (QED) is 0.605. The van der Waals surface area contributed by atoms with Gasteiger partial charge >= 0.3 is 0 Å². The third kappa shape index (κ3) is 4.50. The third-order valence-electron chi connectivity index (χ3n) is 7.00. The summed E-state index contributed by atoms with van der Waals surface area (Å²) in [6, 6.07) is 14.8. The number of anilines is 1. The van der Waals surface area contributed by atoms with Crippen LogP contribution in [0.1, 0.15) is 57.1 Å². The van der Waals surface area contributed by atoms with E-state index in [-0.39, 0.29) is 11.8 Å². The molecule has 1 saturated carbocycles. The van der Waals surface area contributed by atoms with Crippen LogP contribution >= 0.6 is 0 Å². The minimum atomic E-state index is 0.116. The van der Waals surface area contributed by atoms with E-state index in [1.807, 2.05) is 29.6 Å². The summed E-state index contributed by atoms with van der Waals surface area (Å²) in [6.45, 7) is 3.76. The SMILES string of the molecule is Cc1cc(N2CCC(C(=O)NC3CCCCCC3)CC2)n2nc(-c3ccccc3)cc2n1. The number of aromatic nitrogens is 3. The van der Waals surface area contributed by atoms with Crippen LogP contribution in [0.2, 0.25) is 0 Å². The lowest BCUT2D eigenvalue weighted by atomic mass is 9.95. The summed E-state index contributed by atoms with van der Waals surface area (Å²) in [6.07, 6.45) is 9.16. The molecule has 5 rings (SSSR count). The zero-order valence-electron chi connectivity index (χ0n) is 19.0. The number of nitrogens with zero attached hydrogens (tertiary/aromatic N) is 4. The first-order valence-corrected chi connectivity index (χ1v) is 12.2. The zero-order chi connectivity index (χ0) is 21.9. The van der Waals surface area contributed by atoms with Crippen LogP contribution in [-0.4, -0.2) is 39.6 Å². The molecule has 0 unspecified atom stereocenters. The molecular formula is C26H33N5O. The van der Waals surface area contributed by atoms with Gasteiger partial charge in [-0.15, -0.1) is 0 Å². The van der Waals surface area contributed by atoms with Crippen molar-refractivity contribution in [3.63, 3.8) is 0 Å². The lowest BCUT2D eigenvalue weighted by Gasteiger charge is -2.33. The van der Waals surface area contributed by atoms with Crippen LogP contribution < -0.4 is 10.2 Å². The van der Waals surface area contributed by atoms with Gasteiger partial charge in [-0.1, -0.05) is 56.0 Å². The minimum Gasteiger partial charge on any atom is -0.356 e. The van der Waals surface area contributed by atoms with Gasteiger partial charge in [0.2, 0.25) is 5.91 Å². The Morgan fingerprint density at radius 3 is 2.41 bits per heavy atom. The Hall–Kier alpha value is -2.89. The van der Waals surface area contributed by atoms with Crippen molar-refractivity contribution in [2.75, 3.05) is 18.0 Å². The van der Waals surface area contributed by atoms with Crippen molar-refractivity contribution in [2.24, 2.45) is 5.92 Å². The van der Waals surface area contributed by atoms with Crippen LogP contribution in [0, 0.1) is 12.8 Å². The molecule has 6 heteroatoms. The monoisotopic (exact) mass is 431 g/mol. The van der Waals surface area contributed by atoms with Gasteiger partial charge in [0.05, 0.1) is 5.69 Å². The van der Waals surface area contributed by atoms with Crippen molar-refractivity contribution < 1.29 is 4.79 Å². The van der Waals surface area contributed by atoms with E-state index in [0.717, 1.165) is 67.2 Å². The van der Waals surface area contributed by atoms with Crippen LogP contribution in [-0.2, 0) is 4.79 Å². The maximum Gasteiger partial charge on any atom is 0.223 e. The second-order valence-corrected chi connectivity index (χ2v) is 9.38. The summed E-state index contributed by atoms with van der Waals surface area (Å²) < 4.78 is 1.96. The standard InChI is InChI=1S/C26H33N5O/c1-19-17-25(31-24(27-19)18-23(29-31)20-9-5-4-6-10-20)30-15-13-21(14-16-30)26(32)28-22-11-7-2-3-8-12-22/h4-6,9-10,17-18,21-22H,2-3,7-8,11-16H2,1H3,(H,28,32). The molecule has 0 atom stereocenters. The van der Waals surface area contributed by atoms with Crippen molar-refractivity contribution in [2.45, 2.75) is 64.3 Å². The van der Waals surface area contributed by atoms with Crippen molar-refractivity contribution in [1.29, 1.82) is 0 Å². The summed E-state index contributed by atoms with van der Waals surface area (Å²) >= 11 is 0. The Kier molecular flexibility index (Phi) is 6.10. The first-order chi connectivity index (χ1) is 15.7. The number of hydrogen-bond donors (Lipinski definition) is 1. The number of rotatable bonds is 4. The number of aryl methyl sites for hydroxylation is 1. The van der Waals surface area contributed by atoms with Gasteiger partial charge in [0.25, 0.3) is 0 Å². The maximum atomic E-state index is 12.9. The lowest BCUT2D eigenvalue weighted by molar-refractivity contribution is -0.126. The molecule has 3 heterocycles. The van der Waals surface area contributed by atoms with Crippen LogP contribution in [0.25, 0.3) is 16.9 Å². The molecule has 1 amide bonds. The second kappa shape index (κ2) is 9.31. The first-order valence-electron chi connectivity index (χ1n) is 12.2. The Labute approximate surface area is 190 Å². The molecule has 32 heavy (non-hydrogen) atoms. The minimum absolute atomic E-state index is 0.116. The predicted molar refractivity (Wildman–Crippen MR) is 128 cm³/mol. The molecule has 0 radical (unpaired) electrons. The normalized spacial score (nSPS) is 18.6. The van der Waals surface area contributed by atoms with Crippen molar-refractivity contribution in [3.8, 4) is 11.3 Å². The Morgan fingerprint density at radius 1 is 0.969 bits per heavy atom. The highest BCUT2D eigenvalue weighted by Gasteiger charge is 2.28. The average molecular weight is 432 g/mol. The van der Waals surface area contributed by atoms with Crippen molar-refractivity contribution in [3.05, 3.63) is 48.2 Å². The third-order valence-corrected chi connectivity index (χ3v) is 7.00. The zero-order valence-corrected chi connectivity index (χ0v) is 19.0. The van der Waals surface area contributed by atoms with E-state index in [9.17, 15) is 4.79 Å². The molecule has 0 spiro atoms. The number of benzene rings is 1. The first kappa shape index (κ1) is 21.0. The van der Waals surface area contributed by atoms with Gasteiger partial charge in [-0.3, -0.25) is 4.79 Å². The summed E-state index contributed by atoms with van der Waals surface area (Å²) in [5.74, 6) is 1.45. The summed E-state index contributed by atoms with van der Waals surface area (Å²) in [5.41, 5.74) is 3.88. The molecule has 2 aromatic heterocycles. The van der Waals surface area contributed by atoms with Gasteiger partial charge < -0.3 is 10.2 Å². The van der Waals surface area contributed by atoms with Gasteiger partial charge in [0, 0.05) is 48.4 Å². The molecule has 1 N–H and O–H groups in total. The molecule has 0 bridgehead atoms. The van der Waals surface area contributed by atoms with Gasteiger partial charge in [0.1, 0.15) is 5.82 Å². The fourth-order valence-electron chi connectivity index (χ4n) is 5.17. The topological polar surface area (TPSA) is 62.5 Å². The smallest absolute Gasteiger partial charge is 0.223 e. The van der Waals surface area contributed by atoms with Gasteiger partial charge in [-0.25, -0.2) is 4.98 Å². The maximum absolute atomic E-state index is 12.9. The number of fused-ring (bicyclic) bond motifs is 1. The molecule has 1 aliphatic carbocycles. The highest BCUT2D eigenvalue weighted by molar-refractivity contribution is 5.79. The largest absolute Gasteiger partial charge is 0.356 e. The molecule has 3 aromatic rings. The van der Waals surface area contributed by atoms with Gasteiger partial charge in [0.15, 0.2) is 5.65 Å². The Morgan fingerprint density at radius 2 is 1.69 bits per heavy atom.